The van der Waals surface area contributed by atoms with E-state index in [1.807, 2.05) is 0 Å². The summed E-state index contributed by atoms with van der Waals surface area (Å²) in [4.78, 5) is 19.7. The molecule has 3 aromatic rings. The summed E-state index contributed by atoms with van der Waals surface area (Å²) < 4.78 is 1.52. The van der Waals surface area contributed by atoms with Crippen LogP contribution in [-0.4, -0.2) is 36.1 Å². The maximum Gasteiger partial charge on any atom is 0.275 e. The minimum Gasteiger partial charge on any atom is -0.321 e. The predicted octanol–water partition coefficient (Wildman–Crippen LogP) is 0.705. The number of carbonyl (C=O) groups excluding carboxylic acids is 1. The molecule has 2 aromatic heterocycles. The lowest BCUT2D eigenvalue weighted by atomic mass is 10.2. The summed E-state index contributed by atoms with van der Waals surface area (Å²) in [6, 6.07) is 7.10. The Hall–Kier alpha value is -3.16. The molecule has 1 aromatic carbocycles. The quantitative estimate of drug-likeness (QED) is 0.750. The van der Waals surface area contributed by atoms with Gasteiger partial charge in [-0.2, -0.15) is 0 Å². The molecule has 0 aliphatic rings. The van der Waals surface area contributed by atoms with Gasteiger partial charge in [-0.05, 0) is 34.7 Å². The molecular weight excluding hydrogens is 258 g/mol. The minimum atomic E-state index is -0.312. The Morgan fingerprint density at radius 2 is 2.00 bits per heavy atom. The fourth-order valence-electron chi connectivity index (χ4n) is 1.59. The highest BCUT2D eigenvalue weighted by molar-refractivity contribution is 6.02. The molecule has 98 valence electrons. The number of rotatable bonds is 3. The molecule has 0 bridgehead atoms. The number of hydrogen-bond donors (Lipinski definition) is 1. The fraction of sp³-hybridized carbons (Fsp3) is 0. The molecule has 0 saturated carbocycles. The van der Waals surface area contributed by atoms with Gasteiger partial charge in [0.2, 0.25) is 0 Å². The molecule has 0 spiro atoms. The number of benzene rings is 1. The van der Waals surface area contributed by atoms with Crippen LogP contribution in [0.5, 0.6) is 0 Å². The largest absolute Gasteiger partial charge is 0.321 e. The summed E-state index contributed by atoms with van der Waals surface area (Å²) >= 11 is 0. The first-order chi connectivity index (χ1) is 9.83. The molecule has 0 aliphatic heterocycles. The van der Waals surface area contributed by atoms with E-state index in [0.717, 1.165) is 5.69 Å². The van der Waals surface area contributed by atoms with Gasteiger partial charge in [-0.3, -0.25) is 9.78 Å². The summed E-state index contributed by atoms with van der Waals surface area (Å²) in [5.41, 5.74) is 1.71. The third-order valence-corrected chi connectivity index (χ3v) is 2.53. The maximum atomic E-state index is 11.9. The lowest BCUT2D eigenvalue weighted by molar-refractivity contribution is 0.102. The van der Waals surface area contributed by atoms with E-state index >= 15 is 0 Å². The molecule has 0 fully saturated rings. The van der Waals surface area contributed by atoms with Crippen molar-refractivity contribution in [2.24, 2.45) is 0 Å². The zero-order valence-corrected chi connectivity index (χ0v) is 10.2. The van der Waals surface area contributed by atoms with E-state index in [0.29, 0.717) is 5.69 Å². The van der Waals surface area contributed by atoms with E-state index in [9.17, 15) is 4.79 Å². The molecule has 0 unspecified atom stereocenters. The Kier molecular flexibility index (Phi) is 3.11. The first-order valence-electron chi connectivity index (χ1n) is 5.74. The topological polar surface area (TPSA) is 98.5 Å². The van der Waals surface area contributed by atoms with Crippen molar-refractivity contribution in [3.8, 4) is 5.69 Å². The third-order valence-electron chi connectivity index (χ3n) is 2.53. The van der Waals surface area contributed by atoms with E-state index in [1.54, 1.807) is 24.3 Å². The summed E-state index contributed by atoms with van der Waals surface area (Å²) in [5.74, 6) is -0.312. The van der Waals surface area contributed by atoms with Crippen molar-refractivity contribution in [1.82, 2.24) is 30.2 Å². The van der Waals surface area contributed by atoms with Gasteiger partial charge < -0.3 is 5.32 Å². The molecule has 8 heteroatoms. The Labute approximate surface area is 113 Å². The standard InChI is InChI=1S/C12H9N7O/c20-12(11-7-13-5-6-14-11)16-9-1-3-10(4-2-9)19-8-15-17-18-19/h1-8H,(H,16,20). The normalized spacial score (nSPS) is 10.2. The second-order valence-electron chi connectivity index (χ2n) is 3.85. The Bertz CT molecular complexity index is 694. The van der Waals surface area contributed by atoms with Gasteiger partial charge >= 0.3 is 0 Å². The van der Waals surface area contributed by atoms with E-state index in [-0.39, 0.29) is 11.6 Å². The van der Waals surface area contributed by atoms with Gasteiger partial charge in [-0.1, -0.05) is 0 Å². The molecule has 1 N–H and O–H groups in total. The molecule has 0 aliphatic carbocycles. The lowest BCUT2D eigenvalue weighted by Gasteiger charge is -2.05. The first kappa shape index (κ1) is 11.9. The van der Waals surface area contributed by atoms with Crippen molar-refractivity contribution in [3.63, 3.8) is 0 Å². The maximum absolute atomic E-state index is 11.9. The molecule has 0 atom stereocenters. The number of nitrogens with zero attached hydrogens (tertiary/aromatic N) is 6. The molecule has 2 heterocycles. The van der Waals surface area contributed by atoms with Gasteiger partial charge in [0.1, 0.15) is 12.0 Å². The molecular formula is C12H9N7O. The number of aromatic nitrogens is 6. The predicted molar refractivity (Wildman–Crippen MR) is 69.1 cm³/mol. The monoisotopic (exact) mass is 267 g/mol. The molecule has 3 rings (SSSR count). The van der Waals surface area contributed by atoms with E-state index in [1.165, 1.54) is 29.6 Å². The van der Waals surface area contributed by atoms with Crippen LogP contribution >= 0.6 is 0 Å². The van der Waals surface area contributed by atoms with Gasteiger partial charge in [0.05, 0.1) is 11.9 Å². The molecule has 0 radical (unpaired) electrons. The van der Waals surface area contributed by atoms with Crippen molar-refractivity contribution in [2.45, 2.75) is 0 Å². The van der Waals surface area contributed by atoms with Crippen LogP contribution in [0.4, 0.5) is 5.69 Å². The summed E-state index contributed by atoms with van der Waals surface area (Å²) in [5, 5.41) is 13.6. The smallest absolute Gasteiger partial charge is 0.275 e. The number of amides is 1. The van der Waals surface area contributed by atoms with Gasteiger partial charge in [-0.15, -0.1) is 5.10 Å². The van der Waals surface area contributed by atoms with E-state index in [2.05, 4.69) is 30.8 Å². The van der Waals surface area contributed by atoms with Crippen LogP contribution in [0.1, 0.15) is 10.5 Å². The summed E-state index contributed by atoms with van der Waals surface area (Å²) in [6.45, 7) is 0. The molecule has 0 saturated heterocycles. The highest BCUT2D eigenvalue weighted by Gasteiger charge is 2.07. The highest BCUT2D eigenvalue weighted by atomic mass is 16.1. The number of anilines is 1. The van der Waals surface area contributed by atoms with Crippen LogP contribution < -0.4 is 5.32 Å². The summed E-state index contributed by atoms with van der Waals surface area (Å²) in [6.07, 6.45) is 5.88. The second kappa shape index (κ2) is 5.22. The first-order valence-corrected chi connectivity index (χ1v) is 5.74. The molecule has 8 nitrogen and oxygen atoms in total. The zero-order valence-electron chi connectivity index (χ0n) is 10.2. The van der Waals surface area contributed by atoms with Crippen molar-refractivity contribution in [3.05, 3.63) is 54.9 Å². The lowest BCUT2D eigenvalue weighted by Crippen LogP contribution is -2.13. The number of carbonyl (C=O) groups is 1. The SMILES string of the molecule is O=C(Nc1ccc(-n2cnnn2)cc1)c1cnccn1. The van der Waals surface area contributed by atoms with Crippen molar-refractivity contribution in [2.75, 3.05) is 5.32 Å². The van der Waals surface area contributed by atoms with Gasteiger partial charge in [-0.25, -0.2) is 9.67 Å². The van der Waals surface area contributed by atoms with Crippen LogP contribution in [0.3, 0.4) is 0 Å². The van der Waals surface area contributed by atoms with Crippen molar-refractivity contribution in [1.29, 1.82) is 0 Å². The van der Waals surface area contributed by atoms with Crippen LogP contribution in [0.15, 0.2) is 49.2 Å². The highest BCUT2D eigenvalue weighted by Crippen LogP contribution is 2.12. The van der Waals surface area contributed by atoms with Gasteiger partial charge in [0, 0.05) is 18.1 Å². The Balaban J connectivity index is 1.74. The average molecular weight is 267 g/mol. The van der Waals surface area contributed by atoms with Crippen LogP contribution in [0, 0.1) is 0 Å². The van der Waals surface area contributed by atoms with Gasteiger partial charge in [0.15, 0.2) is 0 Å². The zero-order chi connectivity index (χ0) is 13.8. The van der Waals surface area contributed by atoms with Gasteiger partial charge in [0.25, 0.3) is 5.91 Å². The van der Waals surface area contributed by atoms with Crippen LogP contribution in [0.2, 0.25) is 0 Å². The third kappa shape index (κ3) is 2.48. The molecule has 1 amide bonds. The second-order valence-corrected chi connectivity index (χ2v) is 3.85. The van der Waals surface area contributed by atoms with Crippen molar-refractivity contribution < 1.29 is 4.79 Å². The summed E-state index contributed by atoms with van der Waals surface area (Å²) in [7, 11) is 0. The van der Waals surface area contributed by atoms with Crippen LogP contribution in [0.25, 0.3) is 5.69 Å². The van der Waals surface area contributed by atoms with Crippen molar-refractivity contribution >= 4 is 11.6 Å². The number of nitrogens with one attached hydrogen (secondary N) is 1. The Morgan fingerprint density at radius 1 is 1.15 bits per heavy atom. The molecule has 20 heavy (non-hydrogen) atoms. The van der Waals surface area contributed by atoms with E-state index < -0.39 is 0 Å². The van der Waals surface area contributed by atoms with E-state index in [4.69, 9.17) is 0 Å². The average Bonchev–Trinajstić information content (AvgIpc) is 3.03. The number of hydrogen-bond acceptors (Lipinski definition) is 6. The fourth-order valence-corrected chi connectivity index (χ4v) is 1.59. The number of tetrazole rings is 1. The minimum absolute atomic E-state index is 0.261. The van der Waals surface area contributed by atoms with Crippen LogP contribution in [-0.2, 0) is 0 Å². The Morgan fingerprint density at radius 3 is 2.65 bits per heavy atom.